The molecule has 0 radical (unpaired) electrons. The van der Waals surface area contributed by atoms with Gasteiger partial charge in [-0.25, -0.2) is 4.79 Å². The monoisotopic (exact) mass is 162 g/mol. The van der Waals surface area contributed by atoms with Crippen LogP contribution in [0.15, 0.2) is 0 Å². The van der Waals surface area contributed by atoms with E-state index in [0.29, 0.717) is 0 Å². The summed E-state index contributed by atoms with van der Waals surface area (Å²) in [5.41, 5.74) is -1.36. The van der Waals surface area contributed by atoms with Gasteiger partial charge in [0.15, 0.2) is 0 Å². The van der Waals surface area contributed by atoms with E-state index < -0.39 is 14.4 Å². The van der Waals surface area contributed by atoms with Crippen LogP contribution in [-0.4, -0.2) is 65.5 Å². The molecule has 7 heteroatoms. The van der Waals surface area contributed by atoms with Gasteiger partial charge in [-0.3, -0.25) is 0 Å². The minimum atomic E-state index is -4.62. The van der Waals surface area contributed by atoms with E-state index in [2.05, 4.69) is 4.74 Å². The van der Waals surface area contributed by atoms with Crippen LogP contribution < -0.4 is 0 Å². The van der Waals surface area contributed by atoms with Crippen molar-refractivity contribution in [3.05, 3.63) is 0 Å². The fourth-order valence-electron chi connectivity index (χ4n) is 0.137. The van der Waals surface area contributed by atoms with Crippen LogP contribution in [0.25, 0.3) is 0 Å². The maximum absolute atomic E-state index is 9.92. The minimum absolute atomic E-state index is 0. The molecule has 0 atom stereocenters. The standard InChI is InChI=1S/C2H6O5Si.Na.H/c1-7-2(3)8(4,5)6;;/h4-6H,1H3;;. The zero-order valence-electron chi connectivity index (χ0n) is 4.16. The van der Waals surface area contributed by atoms with Crippen molar-refractivity contribution in [1.29, 1.82) is 0 Å². The Morgan fingerprint density at radius 3 is 1.78 bits per heavy atom. The molecule has 0 aliphatic rings. The van der Waals surface area contributed by atoms with Gasteiger partial charge in [-0.15, -0.1) is 0 Å². The molecule has 0 saturated heterocycles. The number of methoxy groups -OCH3 is 1. The third kappa shape index (κ3) is 5.03. The Balaban J connectivity index is 0. The molecule has 0 spiro atoms. The second-order valence-corrected chi connectivity index (χ2v) is 2.81. The third-order valence-electron chi connectivity index (χ3n) is 0.459. The quantitative estimate of drug-likeness (QED) is 0.374. The van der Waals surface area contributed by atoms with Crippen molar-refractivity contribution in [1.82, 2.24) is 0 Å². The number of carbonyl (C=O) groups is 1. The molecule has 0 heterocycles. The fourth-order valence-corrected chi connectivity index (χ4v) is 0.411. The van der Waals surface area contributed by atoms with Crippen LogP contribution in [0, 0.1) is 0 Å². The Hall–Kier alpha value is 0.567. The molecular formula is C2H7NaO5Si. The van der Waals surface area contributed by atoms with Gasteiger partial charge in [0.05, 0.1) is 7.11 Å². The van der Waals surface area contributed by atoms with Crippen LogP contribution in [-0.2, 0) is 4.74 Å². The Labute approximate surface area is 74.9 Å². The summed E-state index contributed by atoms with van der Waals surface area (Å²) in [5.74, 6) is 0. The summed E-state index contributed by atoms with van der Waals surface area (Å²) in [7, 11) is -3.67. The summed E-state index contributed by atoms with van der Waals surface area (Å²) in [6.07, 6.45) is 0. The van der Waals surface area contributed by atoms with E-state index in [1.54, 1.807) is 0 Å². The van der Waals surface area contributed by atoms with Crippen LogP contribution in [0.2, 0.25) is 0 Å². The molecular weight excluding hydrogens is 155 g/mol. The Morgan fingerprint density at radius 2 is 1.78 bits per heavy atom. The molecule has 0 unspecified atom stereocenters. The van der Waals surface area contributed by atoms with Crippen molar-refractivity contribution < 1.29 is 23.9 Å². The summed E-state index contributed by atoms with van der Waals surface area (Å²) >= 11 is 0. The molecule has 0 aliphatic carbocycles. The molecule has 5 nitrogen and oxygen atoms in total. The molecule has 0 fully saturated rings. The first kappa shape index (κ1) is 12.3. The zero-order chi connectivity index (χ0) is 6.78. The molecule has 0 aromatic carbocycles. The van der Waals surface area contributed by atoms with Gasteiger partial charge < -0.3 is 19.1 Å². The van der Waals surface area contributed by atoms with Gasteiger partial charge in [0, 0.05) is 0 Å². The first-order chi connectivity index (χ1) is 3.48. The van der Waals surface area contributed by atoms with Crippen molar-refractivity contribution in [2.45, 2.75) is 0 Å². The number of rotatable bonds is 1. The molecule has 0 saturated carbocycles. The average Bonchev–Trinajstić information content (AvgIpc) is 1.62. The molecule has 50 valence electrons. The van der Waals surface area contributed by atoms with Gasteiger partial charge >= 0.3 is 44.0 Å². The van der Waals surface area contributed by atoms with E-state index in [9.17, 15) is 4.79 Å². The van der Waals surface area contributed by atoms with E-state index in [0.717, 1.165) is 7.11 Å². The summed E-state index contributed by atoms with van der Waals surface area (Å²) in [4.78, 5) is 34.1. The Morgan fingerprint density at radius 1 is 1.44 bits per heavy atom. The first-order valence-electron chi connectivity index (χ1n) is 1.74. The number of hydrogen-bond donors (Lipinski definition) is 3. The van der Waals surface area contributed by atoms with E-state index in [4.69, 9.17) is 14.4 Å². The van der Waals surface area contributed by atoms with Crippen LogP contribution in [0.3, 0.4) is 0 Å². The van der Waals surface area contributed by atoms with E-state index in [1.807, 2.05) is 0 Å². The molecule has 0 aliphatic heterocycles. The van der Waals surface area contributed by atoms with Crippen molar-refractivity contribution in [2.24, 2.45) is 0 Å². The van der Waals surface area contributed by atoms with Gasteiger partial charge in [-0.2, -0.15) is 0 Å². The predicted octanol–water partition coefficient (Wildman–Crippen LogP) is -2.40. The Bertz CT molecular complexity index is 97.6. The second-order valence-electron chi connectivity index (χ2n) is 1.13. The molecule has 0 rings (SSSR count). The zero-order valence-corrected chi connectivity index (χ0v) is 5.16. The SMILES string of the molecule is COC(=O)[Si](O)(O)O.[NaH]. The van der Waals surface area contributed by atoms with Crippen LogP contribution in [0.4, 0.5) is 4.79 Å². The summed E-state index contributed by atoms with van der Waals surface area (Å²) in [6.45, 7) is 0. The Kier molecular flexibility index (Phi) is 5.99. The molecule has 9 heavy (non-hydrogen) atoms. The van der Waals surface area contributed by atoms with E-state index in [1.165, 1.54) is 0 Å². The van der Waals surface area contributed by atoms with E-state index in [-0.39, 0.29) is 29.6 Å². The van der Waals surface area contributed by atoms with Crippen molar-refractivity contribution in [2.75, 3.05) is 7.11 Å². The number of hydrogen-bond acceptors (Lipinski definition) is 5. The first-order valence-corrected chi connectivity index (χ1v) is 3.58. The molecule has 0 amide bonds. The summed E-state index contributed by atoms with van der Waals surface area (Å²) in [5, 5.41) is 0. The molecule has 0 aromatic heterocycles. The normalized spacial score (nSPS) is 9.78. The van der Waals surface area contributed by atoms with Gasteiger partial charge in [-0.05, 0) is 0 Å². The molecule has 3 N–H and O–H groups in total. The van der Waals surface area contributed by atoms with Crippen molar-refractivity contribution in [3.8, 4) is 0 Å². The van der Waals surface area contributed by atoms with Crippen LogP contribution in [0.1, 0.15) is 0 Å². The summed E-state index contributed by atoms with van der Waals surface area (Å²) < 4.78 is 3.79. The van der Waals surface area contributed by atoms with Gasteiger partial charge in [0.1, 0.15) is 0 Å². The summed E-state index contributed by atoms with van der Waals surface area (Å²) in [6, 6.07) is 0. The topological polar surface area (TPSA) is 87.0 Å². The average molecular weight is 162 g/mol. The second kappa shape index (κ2) is 4.39. The number of carbonyl (C=O) groups excluding carboxylic acids is 1. The maximum atomic E-state index is 9.92. The van der Waals surface area contributed by atoms with Gasteiger partial charge in [0.2, 0.25) is 0 Å². The third-order valence-corrected chi connectivity index (χ3v) is 1.21. The van der Waals surface area contributed by atoms with Crippen molar-refractivity contribution in [3.63, 3.8) is 0 Å². The number of ether oxygens (including phenoxy) is 1. The van der Waals surface area contributed by atoms with Crippen molar-refractivity contribution >= 4 is 44.0 Å². The van der Waals surface area contributed by atoms with E-state index >= 15 is 0 Å². The predicted molar refractivity (Wildman–Crippen MR) is 32.0 cm³/mol. The fraction of sp³-hybridized carbons (Fsp3) is 0.500. The molecule has 0 bridgehead atoms. The van der Waals surface area contributed by atoms with Crippen LogP contribution >= 0.6 is 0 Å². The molecule has 0 aromatic rings. The van der Waals surface area contributed by atoms with Crippen LogP contribution in [0.5, 0.6) is 0 Å². The van der Waals surface area contributed by atoms with Gasteiger partial charge in [-0.1, -0.05) is 0 Å². The van der Waals surface area contributed by atoms with Gasteiger partial charge in [0.25, 0.3) is 0 Å².